The number of sulfonamides is 1. The lowest BCUT2D eigenvalue weighted by atomic mass is 10.2. The normalized spacial score (nSPS) is 12.4. The molecule has 0 spiro atoms. The lowest BCUT2D eigenvalue weighted by Crippen LogP contribution is -2.18. The van der Waals surface area contributed by atoms with Crippen LogP contribution < -0.4 is 14.3 Å². The summed E-state index contributed by atoms with van der Waals surface area (Å²) in [6.45, 7) is 0. The second kappa shape index (κ2) is 7.85. The maximum Gasteiger partial charge on any atom is 0.240 e. The lowest BCUT2D eigenvalue weighted by molar-refractivity contribution is 0.415. The van der Waals surface area contributed by atoms with Gasteiger partial charge in [0.2, 0.25) is 10.0 Å². The van der Waals surface area contributed by atoms with Gasteiger partial charge in [-0.3, -0.25) is 0 Å². The number of ether oxygens (including phenoxy) is 1. The highest BCUT2D eigenvalue weighted by Gasteiger charge is 2.16. The van der Waals surface area contributed by atoms with Crippen molar-refractivity contribution < 1.29 is 13.2 Å². The summed E-state index contributed by atoms with van der Waals surface area (Å²) in [5, 5.41) is 2.37. The first-order chi connectivity index (χ1) is 12.9. The molecule has 0 radical (unpaired) electrons. The minimum atomic E-state index is -3.56. The minimum absolute atomic E-state index is 0.157. The quantitative estimate of drug-likeness (QED) is 0.682. The Morgan fingerprint density at radius 2 is 1.89 bits per heavy atom. The van der Waals surface area contributed by atoms with E-state index in [1.54, 1.807) is 19.2 Å². The molecule has 3 aromatic rings. The molecule has 0 aliphatic heterocycles. The summed E-state index contributed by atoms with van der Waals surface area (Å²) in [6.07, 6.45) is 0. The van der Waals surface area contributed by atoms with E-state index in [1.165, 1.54) is 24.5 Å². The summed E-state index contributed by atoms with van der Waals surface area (Å²) in [6, 6.07) is 12.0. The zero-order valence-electron chi connectivity index (χ0n) is 14.9. The van der Waals surface area contributed by atoms with Crippen molar-refractivity contribution in [3.05, 3.63) is 57.7 Å². The fraction of sp³-hybridized carbons (Fsp3) is 0.167. The first kappa shape index (κ1) is 19.6. The fourth-order valence-electron chi connectivity index (χ4n) is 2.47. The Morgan fingerprint density at radius 3 is 2.52 bits per heavy atom. The van der Waals surface area contributed by atoms with Gasteiger partial charge in [-0.1, -0.05) is 11.6 Å². The van der Waals surface area contributed by atoms with Crippen molar-refractivity contribution in [2.24, 2.45) is 12.0 Å². The number of rotatable bonds is 5. The molecule has 1 heterocycles. The summed E-state index contributed by atoms with van der Waals surface area (Å²) >= 11 is 7.78. The molecule has 3 rings (SSSR count). The third-order valence-electron chi connectivity index (χ3n) is 4.01. The van der Waals surface area contributed by atoms with E-state index in [1.807, 2.05) is 41.3 Å². The Kier molecular flexibility index (Phi) is 5.71. The molecule has 142 valence electrons. The molecule has 0 fully saturated rings. The predicted octanol–water partition coefficient (Wildman–Crippen LogP) is 3.56. The molecule has 0 unspecified atom stereocenters. The third kappa shape index (κ3) is 4.08. The monoisotopic (exact) mass is 423 g/mol. The number of hydrogen-bond donors (Lipinski definition) is 1. The molecule has 1 N–H and O–H groups in total. The van der Waals surface area contributed by atoms with Crippen LogP contribution in [-0.4, -0.2) is 27.1 Å². The number of nitrogens with one attached hydrogen (secondary N) is 1. The Morgan fingerprint density at radius 1 is 1.19 bits per heavy atom. The molecule has 0 atom stereocenters. The summed E-state index contributed by atoms with van der Waals surface area (Å²) in [4.78, 5) is 5.55. The number of nitrogens with zero attached hydrogens (tertiary/aromatic N) is 2. The van der Waals surface area contributed by atoms with Crippen LogP contribution >= 0.6 is 22.9 Å². The van der Waals surface area contributed by atoms with Crippen LogP contribution in [0.2, 0.25) is 5.02 Å². The average Bonchev–Trinajstić information content (AvgIpc) is 3.03. The third-order valence-corrected chi connectivity index (χ3v) is 6.67. The van der Waals surface area contributed by atoms with Crippen molar-refractivity contribution >= 4 is 38.6 Å². The Hall–Kier alpha value is -2.13. The van der Waals surface area contributed by atoms with Crippen molar-refractivity contribution in [2.45, 2.75) is 4.90 Å². The highest BCUT2D eigenvalue weighted by Crippen LogP contribution is 2.30. The molecule has 9 heteroatoms. The SMILES string of the molecule is CNS(=O)(=O)c1ccc(Cl)c(-c2csc(=Nc3ccc(OC)cc3)n2C)c1. The molecular weight excluding hydrogens is 406 g/mol. The van der Waals surface area contributed by atoms with Crippen LogP contribution in [0, 0.1) is 0 Å². The van der Waals surface area contributed by atoms with Gasteiger partial charge < -0.3 is 9.30 Å². The van der Waals surface area contributed by atoms with Crippen LogP contribution in [0.1, 0.15) is 0 Å². The highest BCUT2D eigenvalue weighted by atomic mass is 35.5. The van der Waals surface area contributed by atoms with Crippen LogP contribution in [0.3, 0.4) is 0 Å². The van der Waals surface area contributed by atoms with Gasteiger partial charge in [-0.05, 0) is 49.5 Å². The molecule has 0 saturated carbocycles. The van der Waals surface area contributed by atoms with Gasteiger partial charge in [0.25, 0.3) is 0 Å². The molecule has 27 heavy (non-hydrogen) atoms. The van der Waals surface area contributed by atoms with Crippen LogP contribution in [0.25, 0.3) is 11.3 Å². The number of methoxy groups -OCH3 is 1. The molecule has 2 aromatic carbocycles. The second-order valence-corrected chi connectivity index (χ2v) is 8.75. The van der Waals surface area contributed by atoms with Crippen molar-refractivity contribution in [2.75, 3.05) is 14.2 Å². The standard InChI is InChI=1S/C18H18ClN3O3S2/c1-20-27(23,24)14-8-9-16(19)15(10-14)17-11-26-18(22(17)2)21-12-4-6-13(25-3)7-5-12/h4-11,20H,1-3H3. The van der Waals surface area contributed by atoms with Crippen molar-refractivity contribution in [3.63, 3.8) is 0 Å². The number of hydrogen-bond acceptors (Lipinski definition) is 5. The Labute approximate surface area is 166 Å². The van der Waals surface area contributed by atoms with Crippen LogP contribution in [0.4, 0.5) is 5.69 Å². The summed E-state index contributed by atoms with van der Waals surface area (Å²) < 4.78 is 33.5. The fourth-order valence-corrected chi connectivity index (χ4v) is 4.36. The maximum absolute atomic E-state index is 12.1. The van der Waals surface area contributed by atoms with Crippen molar-refractivity contribution in [1.82, 2.24) is 9.29 Å². The number of benzene rings is 2. The Balaban J connectivity index is 2.07. The molecular formula is C18H18ClN3O3S2. The minimum Gasteiger partial charge on any atom is -0.497 e. The zero-order chi connectivity index (χ0) is 19.6. The van der Waals surface area contributed by atoms with Gasteiger partial charge in [0.05, 0.1) is 23.4 Å². The molecule has 0 saturated heterocycles. The number of halogens is 1. The van der Waals surface area contributed by atoms with Gasteiger partial charge in [-0.25, -0.2) is 18.1 Å². The van der Waals surface area contributed by atoms with E-state index in [-0.39, 0.29) is 4.90 Å². The summed E-state index contributed by atoms with van der Waals surface area (Å²) in [7, 11) is 1.30. The average molecular weight is 424 g/mol. The molecule has 0 amide bonds. The molecule has 6 nitrogen and oxygen atoms in total. The van der Waals surface area contributed by atoms with Crippen molar-refractivity contribution in [3.8, 4) is 17.0 Å². The Bertz CT molecular complexity index is 1130. The van der Waals surface area contributed by atoms with E-state index >= 15 is 0 Å². The lowest BCUT2D eigenvalue weighted by Gasteiger charge is -2.09. The maximum atomic E-state index is 12.1. The summed E-state index contributed by atoms with van der Waals surface area (Å²) in [5.74, 6) is 0.763. The van der Waals surface area contributed by atoms with Gasteiger partial charge in [0, 0.05) is 23.0 Å². The van der Waals surface area contributed by atoms with E-state index in [9.17, 15) is 8.42 Å². The van der Waals surface area contributed by atoms with Gasteiger partial charge in [0.15, 0.2) is 4.80 Å². The topological polar surface area (TPSA) is 72.7 Å². The van der Waals surface area contributed by atoms with E-state index in [2.05, 4.69) is 9.71 Å². The number of aromatic nitrogens is 1. The van der Waals surface area contributed by atoms with Gasteiger partial charge in [-0.2, -0.15) is 0 Å². The van der Waals surface area contributed by atoms with Gasteiger partial charge in [-0.15, -0.1) is 11.3 Å². The number of thiazole rings is 1. The first-order valence-electron chi connectivity index (χ1n) is 7.92. The van der Waals surface area contributed by atoms with E-state index < -0.39 is 10.0 Å². The smallest absolute Gasteiger partial charge is 0.240 e. The van der Waals surface area contributed by atoms with Crippen LogP contribution in [0.15, 0.2) is 57.7 Å². The van der Waals surface area contributed by atoms with Crippen LogP contribution in [0.5, 0.6) is 5.75 Å². The summed E-state index contributed by atoms with van der Waals surface area (Å²) in [5.41, 5.74) is 2.20. The molecule has 0 aliphatic rings. The first-order valence-corrected chi connectivity index (χ1v) is 10.7. The second-order valence-electron chi connectivity index (χ2n) is 5.62. The molecule has 1 aromatic heterocycles. The largest absolute Gasteiger partial charge is 0.497 e. The predicted molar refractivity (Wildman–Crippen MR) is 108 cm³/mol. The molecule has 0 bridgehead atoms. The van der Waals surface area contributed by atoms with Crippen molar-refractivity contribution in [1.29, 1.82) is 0 Å². The highest BCUT2D eigenvalue weighted by molar-refractivity contribution is 7.89. The van der Waals surface area contributed by atoms with Crippen LogP contribution in [-0.2, 0) is 17.1 Å². The van der Waals surface area contributed by atoms with E-state index in [4.69, 9.17) is 16.3 Å². The van der Waals surface area contributed by atoms with E-state index in [0.717, 1.165) is 21.9 Å². The molecule has 0 aliphatic carbocycles. The van der Waals surface area contributed by atoms with Gasteiger partial charge >= 0.3 is 0 Å². The zero-order valence-corrected chi connectivity index (χ0v) is 17.3. The van der Waals surface area contributed by atoms with Gasteiger partial charge in [0.1, 0.15) is 5.75 Å². The van der Waals surface area contributed by atoms with E-state index in [0.29, 0.717) is 10.6 Å².